The van der Waals surface area contributed by atoms with Gasteiger partial charge in [-0.15, -0.1) is 0 Å². The zero-order valence-electron chi connectivity index (χ0n) is 16.2. The zero-order valence-corrected chi connectivity index (χ0v) is 16.2. The minimum absolute atomic E-state index is 0.0454. The predicted octanol–water partition coefficient (Wildman–Crippen LogP) is 4.44. The summed E-state index contributed by atoms with van der Waals surface area (Å²) < 4.78 is 0. The molecule has 0 aliphatic carbocycles. The molecule has 0 bridgehead atoms. The SMILES string of the molecule is CCCc1c(-c2c[nH]c3ccncc23)nc(/C=C\C(C)N)c(CC=N)c1C. The lowest BCUT2D eigenvalue weighted by atomic mass is 9.92. The van der Waals surface area contributed by atoms with Crippen LogP contribution in [-0.2, 0) is 12.8 Å². The predicted molar refractivity (Wildman–Crippen MR) is 113 cm³/mol. The van der Waals surface area contributed by atoms with Gasteiger partial charge in [-0.1, -0.05) is 19.4 Å². The molecule has 0 spiro atoms. The lowest BCUT2D eigenvalue weighted by Gasteiger charge is -2.17. The maximum atomic E-state index is 7.61. The Morgan fingerprint density at radius 1 is 1.33 bits per heavy atom. The van der Waals surface area contributed by atoms with E-state index < -0.39 is 0 Å². The van der Waals surface area contributed by atoms with Crippen molar-refractivity contribution in [2.24, 2.45) is 5.73 Å². The number of pyridine rings is 2. The Hall–Kier alpha value is -2.79. The summed E-state index contributed by atoms with van der Waals surface area (Å²) in [6.45, 7) is 6.27. The molecule has 5 heteroatoms. The van der Waals surface area contributed by atoms with Gasteiger partial charge in [0.15, 0.2) is 0 Å². The van der Waals surface area contributed by atoms with Crippen molar-refractivity contribution in [3.63, 3.8) is 0 Å². The molecule has 0 amide bonds. The quantitative estimate of drug-likeness (QED) is 0.543. The number of rotatable bonds is 7. The lowest BCUT2D eigenvalue weighted by molar-refractivity contribution is 0.899. The number of aromatic nitrogens is 3. The molecule has 3 heterocycles. The van der Waals surface area contributed by atoms with Crippen LogP contribution in [-0.4, -0.2) is 27.2 Å². The van der Waals surface area contributed by atoms with Crippen LogP contribution in [0.15, 0.2) is 30.7 Å². The second-order valence-corrected chi connectivity index (χ2v) is 6.93. The lowest BCUT2D eigenvalue weighted by Crippen LogP contribution is -2.11. The van der Waals surface area contributed by atoms with Crippen LogP contribution in [0.5, 0.6) is 0 Å². The van der Waals surface area contributed by atoms with E-state index in [9.17, 15) is 0 Å². The fraction of sp³-hybridized carbons (Fsp3) is 0.318. The second-order valence-electron chi connectivity index (χ2n) is 6.93. The van der Waals surface area contributed by atoms with Gasteiger partial charge >= 0.3 is 0 Å². The van der Waals surface area contributed by atoms with Crippen LogP contribution in [0.25, 0.3) is 28.2 Å². The average Bonchev–Trinajstić information content (AvgIpc) is 3.08. The first-order valence-electron chi connectivity index (χ1n) is 9.43. The zero-order chi connectivity index (χ0) is 19.4. The molecule has 3 aromatic heterocycles. The summed E-state index contributed by atoms with van der Waals surface area (Å²) in [5.74, 6) is 0. The molecule has 0 aliphatic rings. The first kappa shape index (κ1) is 19.0. The van der Waals surface area contributed by atoms with Gasteiger partial charge in [0.05, 0.1) is 11.4 Å². The van der Waals surface area contributed by atoms with E-state index >= 15 is 0 Å². The van der Waals surface area contributed by atoms with Crippen LogP contribution < -0.4 is 5.73 Å². The summed E-state index contributed by atoms with van der Waals surface area (Å²) in [5, 5.41) is 8.68. The molecule has 4 N–H and O–H groups in total. The van der Waals surface area contributed by atoms with E-state index in [-0.39, 0.29) is 6.04 Å². The van der Waals surface area contributed by atoms with Gasteiger partial charge in [0, 0.05) is 47.5 Å². The molecule has 140 valence electrons. The number of nitrogens with one attached hydrogen (secondary N) is 2. The van der Waals surface area contributed by atoms with Gasteiger partial charge in [0.2, 0.25) is 0 Å². The number of fused-ring (bicyclic) bond motifs is 1. The van der Waals surface area contributed by atoms with Crippen LogP contribution in [0.2, 0.25) is 0 Å². The second kappa shape index (κ2) is 8.27. The molecule has 27 heavy (non-hydrogen) atoms. The summed E-state index contributed by atoms with van der Waals surface area (Å²) in [4.78, 5) is 12.7. The van der Waals surface area contributed by atoms with Crippen molar-refractivity contribution in [2.75, 3.05) is 0 Å². The Morgan fingerprint density at radius 2 is 2.15 bits per heavy atom. The van der Waals surface area contributed by atoms with Crippen LogP contribution in [0.3, 0.4) is 0 Å². The molecule has 0 fully saturated rings. The molecule has 3 rings (SSSR count). The third-order valence-corrected chi connectivity index (χ3v) is 4.83. The van der Waals surface area contributed by atoms with Crippen molar-refractivity contribution in [3.05, 3.63) is 53.1 Å². The highest BCUT2D eigenvalue weighted by molar-refractivity contribution is 5.95. The highest BCUT2D eigenvalue weighted by atomic mass is 14.8. The molecule has 5 nitrogen and oxygen atoms in total. The first-order valence-corrected chi connectivity index (χ1v) is 9.43. The van der Waals surface area contributed by atoms with Crippen molar-refractivity contribution in [2.45, 2.75) is 46.1 Å². The molecule has 1 atom stereocenters. The van der Waals surface area contributed by atoms with Gasteiger partial charge in [-0.2, -0.15) is 0 Å². The smallest absolute Gasteiger partial charge is 0.0766 e. The number of H-pyrrole nitrogens is 1. The van der Waals surface area contributed by atoms with E-state index in [4.69, 9.17) is 16.1 Å². The summed E-state index contributed by atoms with van der Waals surface area (Å²) in [6.07, 6.45) is 13.6. The minimum Gasteiger partial charge on any atom is -0.360 e. The monoisotopic (exact) mass is 361 g/mol. The van der Waals surface area contributed by atoms with E-state index in [0.717, 1.165) is 46.3 Å². The highest BCUT2D eigenvalue weighted by Crippen LogP contribution is 2.34. The van der Waals surface area contributed by atoms with Crippen LogP contribution >= 0.6 is 0 Å². The fourth-order valence-electron chi connectivity index (χ4n) is 3.48. The molecule has 0 aliphatic heterocycles. The van der Waals surface area contributed by atoms with E-state index in [2.05, 4.69) is 23.8 Å². The largest absolute Gasteiger partial charge is 0.360 e. The van der Waals surface area contributed by atoms with Crippen LogP contribution in [0.1, 0.15) is 42.7 Å². The van der Waals surface area contributed by atoms with Gasteiger partial charge in [0.25, 0.3) is 0 Å². The molecule has 0 aromatic carbocycles. The minimum atomic E-state index is -0.0454. The van der Waals surface area contributed by atoms with Crippen molar-refractivity contribution in [3.8, 4) is 11.3 Å². The Balaban J connectivity index is 2.29. The van der Waals surface area contributed by atoms with Gasteiger partial charge in [-0.05, 0) is 55.3 Å². The third-order valence-electron chi connectivity index (χ3n) is 4.83. The Bertz CT molecular complexity index is 982. The average molecular weight is 361 g/mol. The van der Waals surface area contributed by atoms with Gasteiger partial charge < -0.3 is 16.1 Å². The summed E-state index contributed by atoms with van der Waals surface area (Å²) in [6, 6.07) is 1.93. The molecule has 0 saturated heterocycles. The molecular formula is C22H27N5. The number of hydrogen-bond acceptors (Lipinski definition) is 4. The maximum Gasteiger partial charge on any atom is 0.0766 e. The Labute approximate surface area is 160 Å². The summed E-state index contributed by atoms with van der Waals surface area (Å²) in [7, 11) is 0. The molecular weight excluding hydrogens is 334 g/mol. The van der Waals surface area contributed by atoms with Crippen molar-refractivity contribution in [1.29, 1.82) is 5.41 Å². The number of nitrogens with two attached hydrogens (primary N) is 1. The summed E-state index contributed by atoms with van der Waals surface area (Å²) in [5.41, 5.74) is 13.5. The van der Waals surface area contributed by atoms with Crippen LogP contribution in [0, 0.1) is 12.3 Å². The highest BCUT2D eigenvalue weighted by Gasteiger charge is 2.18. The van der Waals surface area contributed by atoms with Crippen LogP contribution in [0.4, 0.5) is 0 Å². The van der Waals surface area contributed by atoms with Crippen molar-refractivity contribution in [1.82, 2.24) is 15.0 Å². The molecule has 0 radical (unpaired) electrons. The number of hydrogen-bond donors (Lipinski definition) is 3. The number of nitrogens with zero attached hydrogens (tertiary/aromatic N) is 2. The van der Waals surface area contributed by atoms with Gasteiger partial charge in [-0.25, -0.2) is 4.98 Å². The molecule has 3 aromatic rings. The molecule has 1 unspecified atom stereocenters. The Morgan fingerprint density at radius 3 is 2.85 bits per heavy atom. The van der Waals surface area contributed by atoms with Gasteiger partial charge in [-0.3, -0.25) is 4.98 Å². The van der Waals surface area contributed by atoms with E-state index in [0.29, 0.717) is 6.42 Å². The topological polar surface area (TPSA) is 91.4 Å². The van der Waals surface area contributed by atoms with Crippen molar-refractivity contribution >= 4 is 23.2 Å². The standard InChI is InChI=1S/C22H27N5/c1-4-5-17-15(3)16(8-10-23)21(7-6-14(2)24)27-22(17)19-13-26-20-9-11-25-12-18(19)20/h6-7,9-14,23,26H,4-5,8,24H2,1-3H3/b7-6-,23-10?. The van der Waals surface area contributed by atoms with E-state index in [1.165, 1.54) is 17.3 Å². The normalized spacial score (nSPS) is 12.7. The van der Waals surface area contributed by atoms with Crippen molar-refractivity contribution < 1.29 is 0 Å². The first-order chi connectivity index (χ1) is 13.1. The van der Waals surface area contributed by atoms with E-state index in [1.807, 2.05) is 37.5 Å². The fourth-order valence-corrected chi connectivity index (χ4v) is 3.48. The maximum absolute atomic E-state index is 7.61. The molecule has 0 saturated carbocycles. The van der Waals surface area contributed by atoms with E-state index in [1.54, 1.807) is 6.20 Å². The summed E-state index contributed by atoms with van der Waals surface area (Å²) >= 11 is 0. The van der Waals surface area contributed by atoms with Gasteiger partial charge in [0.1, 0.15) is 0 Å². The number of aromatic amines is 1. The Kier molecular flexibility index (Phi) is 5.81. The third kappa shape index (κ3) is 3.83.